The smallest absolute Gasteiger partial charge is 0.273 e. The van der Waals surface area contributed by atoms with Crippen LogP contribution in [0.25, 0.3) is 0 Å². The van der Waals surface area contributed by atoms with Crippen molar-refractivity contribution in [1.29, 1.82) is 0 Å². The number of carbonyl (C=O) groups excluding carboxylic acids is 2. The van der Waals surface area contributed by atoms with Gasteiger partial charge in [0.2, 0.25) is 10.0 Å². The molecule has 1 aromatic heterocycles. The maximum absolute atomic E-state index is 12.3. The molecule has 9 heteroatoms. The van der Waals surface area contributed by atoms with Gasteiger partial charge in [-0.15, -0.1) is 0 Å². The fourth-order valence-electron chi connectivity index (χ4n) is 3.12. The van der Waals surface area contributed by atoms with Crippen LogP contribution in [0, 0.1) is 6.92 Å². The van der Waals surface area contributed by atoms with Gasteiger partial charge < -0.3 is 4.42 Å². The Labute approximate surface area is 151 Å². The Balaban J connectivity index is 1.73. The van der Waals surface area contributed by atoms with Gasteiger partial charge in [-0.3, -0.25) is 24.7 Å². The van der Waals surface area contributed by atoms with Crippen molar-refractivity contribution in [2.45, 2.75) is 26.3 Å². The van der Waals surface area contributed by atoms with E-state index in [0.29, 0.717) is 29.0 Å². The summed E-state index contributed by atoms with van der Waals surface area (Å²) in [6, 6.07) is 6.08. The largest absolute Gasteiger partial charge is 0.469 e. The Kier molecular flexibility index (Phi) is 4.49. The number of hydrogen-bond acceptors (Lipinski definition) is 5. The third-order valence-corrected chi connectivity index (χ3v) is 5.52. The molecule has 1 unspecified atom stereocenters. The number of furan rings is 1. The van der Waals surface area contributed by atoms with Crippen molar-refractivity contribution in [1.82, 2.24) is 10.9 Å². The molecule has 0 spiro atoms. The number of rotatable bonds is 3. The molecule has 0 bridgehead atoms. The van der Waals surface area contributed by atoms with Gasteiger partial charge in [-0.05, 0) is 50.1 Å². The van der Waals surface area contributed by atoms with Crippen molar-refractivity contribution in [3.63, 3.8) is 0 Å². The topological polar surface area (TPSA) is 109 Å². The molecule has 0 saturated heterocycles. The number of sulfonamides is 1. The summed E-state index contributed by atoms with van der Waals surface area (Å²) in [6.07, 6.45) is 3.07. The molecular weight excluding hydrogens is 358 g/mol. The zero-order valence-corrected chi connectivity index (χ0v) is 15.4. The average Bonchev–Trinajstić information content (AvgIpc) is 3.13. The monoisotopic (exact) mass is 377 g/mol. The molecule has 8 nitrogen and oxygen atoms in total. The van der Waals surface area contributed by atoms with Crippen LogP contribution in [0.1, 0.15) is 39.0 Å². The zero-order valence-electron chi connectivity index (χ0n) is 14.6. The van der Waals surface area contributed by atoms with Crippen molar-refractivity contribution in [2.24, 2.45) is 0 Å². The highest BCUT2D eigenvalue weighted by molar-refractivity contribution is 7.92. The maximum atomic E-state index is 12.3. The number of benzene rings is 1. The molecule has 1 aliphatic rings. The summed E-state index contributed by atoms with van der Waals surface area (Å²) in [7, 11) is -3.38. The van der Waals surface area contributed by atoms with Gasteiger partial charge >= 0.3 is 0 Å². The van der Waals surface area contributed by atoms with Crippen LogP contribution >= 0.6 is 0 Å². The number of aryl methyl sites for hydroxylation is 1. The molecular formula is C17H19N3O5S. The van der Waals surface area contributed by atoms with E-state index in [9.17, 15) is 18.0 Å². The van der Waals surface area contributed by atoms with E-state index in [1.54, 1.807) is 19.1 Å². The van der Waals surface area contributed by atoms with Crippen molar-refractivity contribution in [3.8, 4) is 0 Å². The van der Waals surface area contributed by atoms with E-state index in [0.717, 1.165) is 11.8 Å². The maximum Gasteiger partial charge on any atom is 0.273 e. The Morgan fingerprint density at radius 1 is 1.19 bits per heavy atom. The van der Waals surface area contributed by atoms with Crippen LogP contribution in [0.2, 0.25) is 0 Å². The van der Waals surface area contributed by atoms with Crippen LogP contribution in [0.5, 0.6) is 0 Å². The lowest BCUT2D eigenvalue weighted by Gasteiger charge is -2.21. The molecule has 2 heterocycles. The van der Waals surface area contributed by atoms with E-state index in [1.807, 2.05) is 6.92 Å². The number of amides is 2. The van der Waals surface area contributed by atoms with Crippen LogP contribution in [0.3, 0.4) is 0 Å². The van der Waals surface area contributed by atoms with Crippen LogP contribution < -0.4 is 15.2 Å². The minimum absolute atomic E-state index is 0.206. The summed E-state index contributed by atoms with van der Waals surface area (Å²) in [5.74, 6) is -0.528. The summed E-state index contributed by atoms with van der Waals surface area (Å²) in [6.45, 7) is 3.46. The first-order chi connectivity index (χ1) is 12.2. The average molecular weight is 377 g/mol. The fourth-order valence-corrected chi connectivity index (χ4v) is 4.39. The van der Waals surface area contributed by atoms with Gasteiger partial charge in [0.05, 0.1) is 23.8 Å². The van der Waals surface area contributed by atoms with Gasteiger partial charge in [0.1, 0.15) is 5.76 Å². The molecule has 0 fully saturated rings. The van der Waals surface area contributed by atoms with E-state index >= 15 is 0 Å². The lowest BCUT2D eigenvalue weighted by Crippen LogP contribution is -2.41. The van der Waals surface area contributed by atoms with Gasteiger partial charge in [-0.25, -0.2) is 8.42 Å². The first-order valence-electron chi connectivity index (χ1n) is 7.95. The van der Waals surface area contributed by atoms with Gasteiger partial charge in [-0.2, -0.15) is 0 Å². The summed E-state index contributed by atoms with van der Waals surface area (Å²) < 4.78 is 30.3. The lowest BCUT2D eigenvalue weighted by molar-refractivity contribution is 0.0845. The normalized spacial score (nSPS) is 16.3. The Bertz CT molecular complexity index is 980. The van der Waals surface area contributed by atoms with Gasteiger partial charge in [0.15, 0.2) is 0 Å². The third kappa shape index (κ3) is 3.30. The lowest BCUT2D eigenvalue weighted by atomic mass is 10.1. The number of hydrazine groups is 1. The molecule has 138 valence electrons. The molecule has 0 radical (unpaired) electrons. The predicted molar refractivity (Wildman–Crippen MR) is 95.3 cm³/mol. The zero-order chi connectivity index (χ0) is 19.1. The number of nitrogens with zero attached hydrogens (tertiary/aromatic N) is 1. The van der Waals surface area contributed by atoms with E-state index < -0.39 is 21.8 Å². The van der Waals surface area contributed by atoms with Crippen molar-refractivity contribution < 1.29 is 22.4 Å². The summed E-state index contributed by atoms with van der Waals surface area (Å²) in [4.78, 5) is 24.3. The molecule has 0 aliphatic carbocycles. The standard InChI is InChI=1S/C17H19N3O5S/c1-10-8-13-9-12(4-5-15(13)20(10)26(3,23)24)16(21)18-19-17(22)14-6-7-25-11(14)2/h4-7,9-10H,8H2,1-3H3,(H,18,21)(H,19,22). The molecule has 3 rings (SSSR count). The molecule has 1 atom stereocenters. The SMILES string of the molecule is Cc1occc1C(=O)NNC(=O)c1ccc2c(c1)CC(C)N2S(C)(=O)=O. The quantitative estimate of drug-likeness (QED) is 0.786. The fraction of sp³-hybridized carbons (Fsp3) is 0.294. The highest BCUT2D eigenvalue weighted by Crippen LogP contribution is 2.34. The Morgan fingerprint density at radius 3 is 2.50 bits per heavy atom. The second-order valence-corrected chi connectivity index (χ2v) is 8.11. The van der Waals surface area contributed by atoms with Gasteiger partial charge in [-0.1, -0.05) is 0 Å². The summed E-state index contributed by atoms with van der Waals surface area (Å²) >= 11 is 0. The molecule has 2 aromatic rings. The van der Waals surface area contributed by atoms with Gasteiger partial charge in [0, 0.05) is 11.6 Å². The number of fused-ring (bicyclic) bond motifs is 1. The second-order valence-electron chi connectivity index (χ2n) is 6.25. The van der Waals surface area contributed by atoms with Crippen LogP contribution in [0.15, 0.2) is 34.9 Å². The molecule has 1 aliphatic heterocycles. The molecule has 26 heavy (non-hydrogen) atoms. The Morgan fingerprint density at radius 2 is 1.88 bits per heavy atom. The number of carbonyl (C=O) groups is 2. The number of nitrogens with one attached hydrogen (secondary N) is 2. The first-order valence-corrected chi connectivity index (χ1v) is 9.80. The van der Waals surface area contributed by atoms with Crippen molar-refractivity contribution in [3.05, 3.63) is 53.0 Å². The van der Waals surface area contributed by atoms with Crippen molar-refractivity contribution in [2.75, 3.05) is 10.6 Å². The molecule has 1 aromatic carbocycles. The second kappa shape index (κ2) is 6.49. The predicted octanol–water partition coefficient (Wildman–Crippen LogP) is 1.37. The Hall–Kier alpha value is -2.81. The van der Waals surface area contributed by atoms with E-state index in [2.05, 4.69) is 10.9 Å². The van der Waals surface area contributed by atoms with E-state index in [-0.39, 0.29) is 6.04 Å². The highest BCUT2D eigenvalue weighted by atomic mass is 32.2. The van der Waals surface area contributed by atoms with Crippen LogP contribution in [0.4, 0.5) is 5.69 Å². The first kappa shape index (κ1) is 18.0. The minimum atomic E-state index is -3.38. The number of hydrogen-bond donors (Lipinski definition) is 2. The molecule has 2 N–H and O–H groups in total. The van der Waals surface area contributed by atoms with E-state index in [4.69, 9.17) is 4.42 Å². The van der Waals surface area contributed by atoms with E-state index in [1.165, 1.54) is 22.7 Å². The van der Waals surface area contributed by atoms with Gasteiger partial charge in [0.25, 0.3) is 11.8 Å². The molecule has 2 amide bonds. The minimum Gasteiger partial charge on any atom is -0.469 e. The summed E-state index contributed by atoms with van der Waals surface area (Å²) in [5, 5.41) is 0. The van der Waals surface area contributed by atoms with Crippen molar-refractivity contribution >= 4 is 27.5 Å². The van der Waals surface area contributed by atoms with Crippen LogP contribution in [-0.2, 0) is 16.4 Å². The third-order valence-electron chi connectivity index (χ3n) is 4.25. The highest BCUT2D eigenvalue weighted by Gasteiger charge is 2.32. The number of anilines is 1. The van der Waals surface area contributed by atoms with Crippen LogP contribution in [-0.4, -0.2) is 32.5 Å². The molecule has 0 saturated carbocycles. The summed E-state index contributed by atoms with van der Waals surface area (Å²) in [5.41, 5.74) is 6.68.